The molecule has 1 aliphatic heterocycles. The van der Waals surface area contributed by atoms with Gasteiger partial charge in [0.05, 0.1) is 10.6 Å². The molecule has 0 N–H and O–H groups in total. The van der Waals surface area contributed by atoms with Crippen molar-refractivity contribution in [2.24, 2.45) is 5.92 Å². The molecule has 0 spiro atoms. The first-order valence-corrected chi connectivity index (χ1v) is 9.37. The third kappa shape index (κ3) is 4.43. The van der Waals surface area contributed by atoms with Crippen LogP contribution in [0.1, 0.15) is 30.7 Å². The van der Waals surface area contributed by atoms with Crippen LogP contribution in [0.25, 0.3) is 10.8 Å². The number of nitrogens with zero attached hydrogens (tertiary/aromatic N) is 3. The van der Waals surface area contributed by atoms with Crippen LogP contribution in [-0.4, -0.2) is 48.5 Å². The molecule has 2 aromatic heterocycles. The Balaban J connectivity index is 1.53. The minimum atomic E-state index is 0.772. The highest BCUT2D eigenvalue weighted by Crippen LogP contribution is 2.27. The molecule has 0 bridgehead atoms. The molecular weight excluding hydrogens is 306 g/mol. The van der Waals surface area contributed by atoms with E-state index in [0.717, 1.165) is 34.7 Å². The van der Waals surface area contributed by atoms with Gasteiger partial charge in [0.2, 0.25) is 5.89 Å². The maximum Gasteiger partial charge on any atom is 0.236 e. The zero-order valence-electron chi connectivity index (χ0n) is 14.4. The standard InChI is InChI=1S/C18H27N3OS/c1-14-16(19-18(22-14)17-5-4-12-23-17)13-21-10-7-15(8-11-21)6-9-20(2)3/h4-5,12,15H,6-11,13H2,1-3H3. The van der Waals surface area contributed by atoms with Gasteiger partial charge in [-0.25, -0.2) is 4.98 Å². The molecule has 1 aliphatic rings. The lowest BCUT2D eigenvalue weighted by molar-refractivity contribution is 0.164. The fourth-order valence-corrected chi connectivity index (χ4v) is 3.82. The van der Waals surface area contributed by atoms with Crippen LogP contribution < -0.4 is 0 Å². The largest absolute Gasteiger partial charge is 0.440 e. The Morgan fingerprint density at radius 3 is 2.78 bits per heavy atom. The summed E-state index contributed by atoms with van der Waals surface area (Å²) in [4.78, 5) is 10.6. The lowest BCUT2D eigenvalue weighted by Crippen LogP contribution is -2.34. The molecular formula is C18H27N3OS. The monoisotopic (exact) mass is 333 g/mol. The predicted molar refractivity (Wildman–Crippen MR) is 95.7 cm³/mol. The van der Waals surface area contributed by atoms with E-state index in [2.05, 4.69) is 35.3 Å². The summed E-state index contributed by atoms with van der Waals surface area (Å²) < 4.78 is 5.85. The van der Waals surface area contributed by atoms with Crippen molar-refractivity contribution in [2.45, 2.75) is 32.7 Å². The van der Waals surface area contributed by atoms with Gasteiger partial charge in [-0.3, -0.25) is 4.90 Å². The molecule has 126 valence electrons. The van der Waals surface area contributed by atoms with Crippen molar-refractivity contribution in [3.8, 4) is 10.8 Å². The number of piperidine rings is 1. The molecule has 0 aromatic carbocycles. The number of likely N-dealkylation sites (tertiary alicyclic amines) is 1. The average molecular weight is 334 g/mol. The van der Waals surface area contributed by atoms with Gasteiger partial charge in [-0.2, -0.15) is 0 Å². The highest BCUT2D eigenvalue weighted by Gasteiger charge is 2.21. The Hall–Kier alpha value is -1.17. The molecule has 0 radical (unpaired) electrons. The Kier molecular flexibility index (Phi) is 5.51. The molecule has 0 unspecified atom stereocenters. The summed E-state index contributed by atoms with van der Waals surface area (Å²) in [6.07, 6.45) is 3.94. The van der Waals surface area contributed by atoms with E-state index in [4.69, 9.17) is 9.40 Å². The smallest absolute Gasteiger partial charge is 0.236 e. The molecule has 5 heteroatoms. The fourth-order valence-electron chi connectivity index (χ4n) is 3.17. The van der Waals surface area contributed by atoms with E-state index in [0.29, 0.717) is 0 Å². The SMILES string of the molecule is Cc1oc(-c2cccs2)nc1CN1CCC(CCN(C)C)CC1. The van der Waals surface area contributed by atoms with E-state index in [-0.39, 0.29) is 0 Å². The summed E-state index contributed by atoms with van der Waals surface area (Å²) in [5.41, 5.74) is 1.10. The Labute approximate surface area is 143 Å². The fraction of sp³-hybridized carbons (Fsp3) is 0.611. The van der Waals surface area contributed by atoms with E-state index in [1.54, 1.807) is 11.3 Å². The molecule has 0 aliphatic carbocycles. The third-order valence-electron chi connectivity index (χ3n) is 4.69. The van der Waals surface area contributed by atoms with Gasteiger partial charge in [0.25, 0.3) is 0 Å². The van der Waals surface area contributed by atoms with Crippen molar-refractivity contribution < 1.29 is 4.42 Å². The van der Waals surface area contributed by atoms with Crippen LogP contribution in [-0.2, 0) is 6.54 Å². The van der Waals surface area contributed by atoms with Crippen LogP contribution >= 0.6 is 11.3 Å². The van der Waals surface area contributed by atoms with Crippen LogP contribution in [0.5, 0.6) is 0 Å². The lowest BCUT2D eigenvalue weighted by Gasteiger charge is -2.32. The second-order valence-corrected chi connectivity index (χ2v) is 7.76. The van der Waals surface area contributed by atoms with Gasteiger partial charge in [0.15, 0.2) is 0 Å². The van der Waals surface area contributed by atoms with Crippen molar-refractivity contribution in [3.63, 3.8) is 0 Å². The van der Waals surface area contributed by atoms with Gasteiger partial charge in [-0.05, 0) is 77.3 Å². The zero-order chi connectivity index (χ0) is 16.2. The van der Waals surface area contributed by atoms with Crippen LogP contribution in [0.2, 0.25) is 0 Å². The first kappa shape index (κ1) is 16.7. The van der Waals surface area contributed by atoms with Gasteiger partial charge in [0.1, 0.15) is 5.76 Å². The first-order valence-electron chi connectivity index (χ1n) is 8.49. The summed E-state index contributed by atoms with van der Waals surface area (Å²) in [6.45, 7) is 6.51. The van der Waals surface area contributed by atoms with E-state index in [1.165, 1.54) is 38.9 Å². The van der Waals surface area contributed by atoms with Gasteiger partial charge in [-0.1, -0.05) is 6.07 Å². The van der Waals surface area contributed by atoms with Gasteiger partial charge < -0.3 is 9.32 Å². The van der Waals surface area contributed by atoms with E-state index >= 15 is 0 Å². The molecule has 1 fully saturated rings. The number of aryl methyl sites for hydroxylation is 1. The quantitative estimate of drug-likeness (QED) is 0.803. The molecule has 4 nitrogen and oxygen atoms in total. The van der Waals surface area contributed by atoms with E-state index in [1.807, 2.05) is 13.0 Å². The van der Waals surface area contributed by atoms with Crippen LogP contribution in [0.15, 0.2) is 21.9 Å². The van der Waals surface area contributed by atoms with Crippen LogP contribution in [0.3, 0.4) is 0 Å². The van der Waals surface area contributed by atoms with Crippen molar-refractivity contribution in [1.82, 2.24) is 14.8 Å². The molecule has 2 aromatic rings. The zero-order valence-corrected chi connectivity index (χ0v) is 15.2. The molecule has 3 heterocycles. The van der Waals surface area contributed by atoms with Crippen molar-refractivity contribution in [1.29, 1.82) is 0 Å². The summed E-state index contributed by atoms with van der Waals surface area (Å²) >= 11 is 1.68. The lowest BCUT2D eigenvalue weighted by atomic mass is 9.93. The Morgan fingerprint density at radius 1 is 1.35 bits per heavy atom. The molecule has 0 amide bonds. The maximum absolute atomic E-state index is 5.85. The van der Waals surface area contributed by atoms with Gasteiger partial charge >= 0.3 is 0 Å². The summed E-state index contributed by atoms with van der Waals surface area (Å²) in [5, 5.41) is 2.06. The van der Waals surface area contributed by atoms with Crippen LogP contribution in [0, 0.1) is 12.8 Å². The molecule has 0 atom stereocenters. The summed E-state index contributed by atoms with van der Waals surface area (Å²) in [7, 11) is 4.32. The number of aromatic nitrogens is 1. The van der Waals surface area contributed by atoms with E-state index in [9.17, 15) is 0 Å². The molecule has 3 rings (SSSR count). The van der Waals surface area contributed by atoms with Gasteiger partial charge in [-0.15, -0.1) is 11.3 Å². The van der Waals surface area contributed by atoms with Crippen LogP contribution in [0.4, 0.5) is 0 Å². The van der Waals surface area contributed by atoms with Crippen molar-refractivity contribution in [3.05, 3.63) is 29.0 Å². The summed E-state index contributed by atoms with van der Waals surface area (Å²) in [5.74, 6) is 2.62. The highest BCUT2D eigenvalue weighted by molar-refractivity contribution is 7.13. The highest BCUT2D eigenvalue weighted by atomic mass is 32.1. The van der Waals surface area contributed by atoms with E-state index < -0.39 is 0 Å². The first-order chi connectivity index (χ1) is 11.1. The summed E-state index contributed by atoms with van der Waals surface area (Å²) in [6, 6.07) is 4.10. The number of thiophene rings is 1. The second-order valence-electron chi connectivity index (χ2n) is 6.81. The molecule has 1 saturated heterocycles. The minimum absolute atomic E-state index is 0.772. The Morgan fingerprint density at radius 2 is 2.13 bits per heavy atom. The number of hydrogen-bond acceptors (Lipinski definition) is 5. The number of hydrogen-bond donors (Lipinski definition) is 0. The minimum Gasteiger partial charge on any atom is -0.440 e. The second kappa shape index (κ2) is 7.60. The normalized spacial score (nSPS) is 17.2. The van der Waals surface area contributed by atoms with Crippen molar-refractivity contribution in [2.75, 3.05) is 33.7 Å². The number of rotatable bonds is 6. The van der Waals surface area contributed by atoms with Gasteiger partial charge in [0, 0.05) is 6.54 Å². The third-order valence-corrected chi connectivity index (χ3v) is 5.55. The topological polar surface area (TPSA) is 32.5 Å². The molecule has 23 heavy (non-hydrogen) atoms. The predicted octanol–water partition coefficient (Wildman–Crippen LogP) is 3.88. The molecule has 0 saturated carbocycles. The Bertz CT molecular complexity index is 598. The maximum atomic E-state index is 5.85. The average Bonchev–Trinajstić information content (AvgIpc) is 3.17. The number of oxazole rings is 1. The van der Waals surface area contributed by atoms with Crippen molar-refractivity contribution >= 4 is 11.3 Å².